The van der Waals surface area contributed by atoms with Crippen molar-refractivity contribution in [1.29, 1.82) is 10.5 Å². The van der Waals surface area contributed by atoms with Gasteiger partial charge in [0.1, 0.15) is 23.6 Å². The van der Waals surface area contributed by atoms with Gasteiger partial charge in [-0.25, -0.2) is 0 Å². The Morgan fingerprint density at radius 1 is 1.14 bits per heavy atom. The Morgan fingerprint density at radius 2 is 1.73 bits per heavy atom. The first-order chi connectivity index (χ1) is 10.6. The lowest BCUT2D eigenvalue weighted by molar-refractivity contribution is 0.0992. The highest BCUT2D eigenvalue weighted by molar-refractivity contribution is 5.98. The van der Waals surface area contributed by atoms with Gasteiger partial charge in [-0.15, -0.1) is 0 Å². The van der Waals surface area contributed by atoms with Crippen molar-refractivity contribution >= 4 is 5.78 Å². The van der Waals surface area contributed by atoms with Crippen molar-refractivity contribution in [2.24, 2.45) is 0 Å². The fourth-order valence-corrected chi connectivity index (χ4v) is 2.01. The van der Waals surface area contributed by atoms with E-state index in [-0.39, 0.29) is 29.1 Å². The minimum atomic E-state index is -0.202. The number of hydrogen-bond donors (Lipinski definition) is 1. The summed E-state index contributed by atoms with van der Waals surface area (Å²) >= 11 is 0. The first kappa shape index (κ1) is 15.1. The highest BCUT2D eigenvalue weighted by atomic mass is 16.5. The van der Waals surface area contributed by atoms with Crippen molar-refractivity contribution in [3.63, 3.8) is 0 Å². The summed E-state index contributed by atoms with van der Waals surface area (Å²) in [5.41, 5.74) is 1.01. The van der Waals surface area contributed by atoms with Crippen molar-refractivity contribution in [2.45, 2.75) is 6.42 Å². The number of carbonyl (C=O) groups excluding carboxylic acids is 1. The summed E-state index contributed by atoms with van der Waals surface area (Å²) in [5.74, 6) is 0.272. The van der Waals surface area contributed by atoms with Crippen LogP contribution in [-0.4, -0.2) is 18.0 Å². The Hall–Kier alpha value is -3.31. The minimum Gasteiger partial charge on any atom is -0.508 e. The third-order valence-corrected chi connectivity index (χ3v) is 3.22. The standard InChI is InChI=1S/C17H12N2O3/c1-22-15-4-2-11(3-5-15)16(20)7-12-6-13(9-18)14(10-19)8-17(12)21/h2-6,8,21H,7H2,1H3. The topological polar surface area (TPSA) is 94.1 Å². The summed E-state index contributed by atoms with van der Waals surface area (Å²) in [6.07, 6.45) is -0.0570. The molecule has 0 unspecified atom stereocenters. The maximum absolute atomic E-state index is 12.2. The van der Waals surface area contributed by atoms with E-state index in [1.165, 1.54) is 19.2 Å². The number of methoxy groups -OCH3 is 1. The molecule has 0 amide bonds. The van der Waals surface area contributed by atoms with Gasteiger partial charge in [0.25, 0.3) is 0 Å². The van der Waals surface area contributed by atoms with Gasteiger partial charge < -0.3 is 9.84 Å². The van der Waals surface area contributed by atoms with Gasteiger partial charge in [0.2, 0.25) is 0 Å². The molecule has 0 aromatic heterocycles. The van der Waals surface area contributed by atoms with E-state index in [0.29, 0.717) is 16.9 Å². The van der Waals surface area contributed by atoms with Crippen LogP contribution in [0.3, 0.4) is 0 Å². The maximum atomic E-state index is 12.2. The molecule has 2 rings (SSSR count). The molecule has 1 N–H and O–H groups in total. The predicted octanol–water partition coefficient (Wildman–Crippen LogP) is 2.57. The van der Waals surface area contributed by atoms with Gasteiger partial charge in [0, 0.05) is 17.5 Å². The van der Waals surface area contributed by atoms with Crippen LogP contribution in [-0.2, 0) is 6.42 Å². The third kappa shape index (κ3) is 3.05. The molecule has 0 radical (unpaired) electrons. The first-order valence-corrected chi connectivity index (χ1v) is 6.42. The fourth-order valence-electron chi connectivity index (χ4n) is 2.01. The van der Waals surface area contributed by atoms with E-state index in [1.54, 1.807) is 24.3 Å². The van der Waals surface area contributed by atoms with Crippen molar-refractivity contribution in [3.8, 4) is 23.6 Å². The number of nitriles is 2. The first-order valence-electron chi connectivity index (χ1n) is 6.42. The van der Waals surface area contributed by atoms with Crippen LogP contribution >= 0.6 is 0 Å². The predicted molar refractivity (Wildman–Crippen MR) is 78.6 cm³/mol. The Labute approximate surface area is 127 Å². The van der Waals surface area contributed by atoms with Crippen molar-refractivity contribution in [1.82, 2.24) is 0 Å². The molecule has 0 aliphatic rings. The number of phenolic OH excluding ortho intramolecular Hbond substituents is 1. The number of ketones is 1. The zero-order valence-corrected chi connectivity index (χ0v) is 11.8. The molecule has 0 aliphatic heterocycles. The molecular weight excluding hydrogens is 280 g/mol. The van der Waals surface area contributed by atoms with Gasteiger partial charge in [-0.3, -0.25) is 4.79 Å². The van der Waals surface area contributed by atoms with Gasteiger partial charge >= 0.3 is 0 Å². The number of phenols is 1. The van der Waals surface area contributed by atoms with Crippen LogP contribution in [0.25, 0.3) is 0 Å². The molecule has 0 heterocycles. The number of nitrogens with zero attached hydrogens (tertiary/aromatic N) is 2. The second kappa shape index (κ2) is 6.43. The molecule has 0 aliphatic carbocycles. The van der Waals surface area contributed by atoms with Gasteiger partial charge in [-0.1, -0.05) is 0 Å². The van der Waals surface area contributed by atoms with E-state index in [0.717, 1.165) is 0 Å². The molecule has 0 bridgehead atoms. The zero-order chi connectivity index (χ0) is 16.1. The van der Waals surface area contributed by atoms with E-state index in [4.69, 9.17) is 15.3 Å². The van der Waals surface area contributed by atoms with Gasteiger partial charge in [-0.05, 0) is 36.4 Å². The molecule has 5 nitrogen and oxygen atoms in total. The second-order valence-electron chi connectivity index (χ2n) is 4.58. The number of Topliss-reactive ketones (excluding diaryl/α,β-unsaturated/α-hetero) is 1. The van der Waals surface area contributed by atoms with E-state index in [2.05, 4.69) is 0 Å². The molecule has 0 saturated carbocycles. The Kier molecular flexibility index (Phi) is 4.41. The maximum Gasteiger partial charge on any atom is 0.167 e. The lowest BCUT2D eigenvalue weighted by Crippen LogP contribution is -2.04. The molecule has 0 saturated heterocycles. The van der Waals surface area contributed by atoms with E-state index >= 15 is 0 Å². The minimum absolute atomic E-state index is 0.0570. The van der Waals surface area contributed by atoms with Crippen molar-refractivity contribution in [3.05, 3.63) is 58.7 Å². The van der Waals surface area contributed by atoms with Crippen LogP contribution in [0, 0.1) is 22.7 Å². The highest BCUT2D eigenvalue weighted by Gasteiger charge is 2.14. The SMILES string of the molecule is COc1ccc(C(=O)Cc2cc(C#N)c(C#N)cc2O)cc1. The Bertz CT molecular complexity index is 796. The molecular formula is C17H12N2O3. The quantitative estimate of drug-likeness (QED) is 0.874. The number of aromatic hydroxyl groups is 1. The summed E-state index contributed by atoms with van der Waals surface area (Å²) in [7, 11) is 1.54. The molecule has 2 aromatic rings. The smallest absolute Gasteiger partial charge is 0.167 e. The van der Waals surface area contributed by atoms with Crippen LogP contribution in [0.2, 0.25) is 0 Å². The number of rotatable bonds is 4. The lowest BCUT2D eigenvalue weighted by atomic mass is 9.98. The van der Waals surface area contributed by atoms with Gasteiger partial charge in [-0.2, -0.15) is 10.5 Å². The summed E-state index contributed by atoms with van der Waals surface area (Å²) in [6.45, 7) is 0. The number of hydrogen-bond acceptors (Lipinski definition) is 5. The Balaban J connectivity index is 2.28. The van der Waals surface area contributed by atoms with E-state index in [1.807, 2.05) is 12.1 Å². The zero-order valence-electron chi connectivity index (χ0n) is 11.8. The highest BCUT2D eigenvalue weighted by Crippen LogP contribution is 2.24. The summed E-state index contributed by atoms with van der Waals surface area (Å²) < 4.78 is 5.02. The average Bonchev–Trinajstić information content (AvgIpc) is 2.56. The largest absolute Gasteiger partial charge is 0.508 e. The fraction of sp³-hybridized carbons (Fsp3) is 0.118. The molecule has 0 fully saturated rings. The number of benzene rings is 2. The normalized spacial score (nSPS) is 9.59. The summed E-state index contributed by atoms with van der Waals surface area (Å²) in [5, 5.41) is 27.8. The molecule has 22 heavy (non-hydrogen) atoms. The third-order valence-electron chi connectivity index (χ3n) is 3.22. The summed E-state index contributed by atoms with van der Waals surface area (Å²) in [6, 6.07) is 12.9. The monoisotopic (exact) mass is 292 g/mol. The Morgan fingerprint density at radius 3 is 2.27 bits per heavy atom. The van der Waals surface area contributed by atoms with E-state index in [9.17, 15) is 9.90 Å². The lowest BCUT2D eigenvalue weighted by Gasteiger charge is -2.07. The average molecular weight is 292 g/mol. The van der Waals surface area contributed by atoms with E-state index < -0.39 is 0 Å². The van der Waals surface area contributed by atoms with Crippen LogP contribution in [0.5, 0.6) is 11.5 Å². The van der Waals surface area contributed by atoms with Gasteiger partial charge in [0.15, 0.2) is 5.78 Å². The van der Waals surface area contributed by atoms with Crippen molar-refractivity contribution in [2.75, 3.05) is 7.11 Å². The van der Waals surface area contributed by atoms with Crippen LogP contribution in [0.1, 0.15) is 27.0 Å². The molecule has 5 heteroatoms. The molecule has 2 aromatic carbocycles. The molecule has 0 spiro atoms. The summed E-state index contributed by atoms with van der Waals surface area (Å²) in [4.78, 5) is 12.2. The van der Waals surface area contributed by atoms with Crippen LogP contribution in [0.4, 0.5) is 0 Å². The number of carbonyl (C=O) groups is 1. The molecule has 0 atom stereocenters. The van der Waals surface area contributed by atoms with Crippen LogP contribution in [0.15, 0.2) is 36.4 Å². The molecule has 108 valence electrons. The second-order valence-corrected chi connectivity index (χ2v) is 4.58. The van der Waals surface area contributed by atoms with Gasteiger partial charge in [0.05, 0.1) is 18.2 Å². The van der Waals surface area contributed by atoms with Crippen LogP contribution < -0.4 is 4.74 Å². The van der Waals surface area contributed by atoms with Crippen molar-refractivity contribution < 1.29 is 14.6 Å². The number of ether oxygens (including phenoxy) is 1.